The van der Waals surface area contributed by atoms with Gasteiger partial charge in [0.1, 0.15) is 11.3 Å². The molecular formula is C19H24BClN2O7. The number of hydrogen-bond acceptors (Lipinski definition) is 7. The Kier molecular flexibility index (Phi) is 10.3. The minimum Gasteiger partial charge on any atom is -0.507 e. The van der Waals surface area contributed by atoms with E-state index in [1.165, 1.54) is 18.2 Å². The van der Waals surface area contributed by atoms with Crippen LogP contribution in [-0.4, -0.2) is 63.5 Å². The van der Waals surface area contributed by atoms with Crippen LogP contribution in [0.15, 0.2) is 42.5 Å². The number of halogens is 1. The van der Waals surface area contributed by atoms with Crippen molar-refractivity contribution in [2.75, 3.05) is 13.2 Å². The van der Waals surface area contributed by atoms with Crippen molar-refractivity contribution in [3.8, 4) is 5.75 Å². The fraction of sp³-hybridized carbons (Fsp3) is 0.263. The molecule has 0 radical (unpaired) electrons. The van der Waals surface area contributed by atoms with E-state index in [1.807, 2.05) is 0 Å². The van der Waals surface area contributed by atoms with Crippen LogP contribution in [0, 0.1) is 0 Å². The Morgan fingerprint density at radius 2 is 1.73 bits per heavy atom. The zero-order chi connectivity index (χ0) is 21.4. The summed E-state index contributed by atoms with van der Waals surface area (Å²) in [6.07, 6.45) is -0.181. The third kappa shape index (κ3) is 7.01. The van der Waals surface area contributed by atoms with Crippen molar-refractivity contribution in [2.45, 2.75) is 18.9 Å². The molecule has 0 bridgehead atoms. The van der Waals surface area contributed by atoms with Gasteiger partial charge in [-0.3, -0.25) is 4.79 Å². The third-order valence-corrected chi connectivity index (χ3v) is 4.30. The van der Waals surface area contributed by atoms with E-state index in [0.29, 0.717) is 18.7 Å². The van der Waals surface area contributed by atoms with Crippen LogP contribution in [-0.2, 0) is 13.0 Å². The maximum Gasteiger partial charge on any atom is 0.475 e. The summed E-state index contributed by atoms with van der Waals surface area (Å²) in [4.78, 5) is 23.6. The van der Waals surface area contributed by atoms with Gasteiger partial charge in [0.15, 0.2) is 0 Å². The SMILES string of the molecule is Cl.O=C(N[C@@H](Cc1cccc(C(=O)O)c1O)B(O)O)c1ccc(CNCCO)cc1. The molecule has 2 rings (SSSR count). The number of carbonyl (C=O) groups excluding carboxylic acids is 1. The zero-order valence-corrected chi connectivity index (χ0v) is 16.8. The highest BCUT2D eigenvalue weighted by atomic mass is 35.5. The molecular weight excluding hydrogens is 414 g/mol. The van der Waals surface area contributed by atoms with Crippen LogP contribution in [0.5, 0.6) is 5.75 Å². The van der Waals surface area contributed by atoms with Crippen molar-refractivity contribution in [3.05, 3.63) is 64.7 Å². The van der Waals surface area contributed by atoms with Crippen molar-refractivity contribution >= 4 is 31.4 Å². The van der Waals surface area contributed by atoms with Gasteiger partial charge in [0.25, 0.3) is 5.91 Å². The Hall–Kier alpha value is -2.63. The topological polar surface area (TPSA) is 159 Å². The number of phenols is 1. The summed E-state index contributed by atoms with van der Waals surface area (Å²) in [5, 5.41) is 52.6. The molecule has 1 amide bonds. The van der Waals surface area contributed by atoms with Gasteiger partial charge in [-0.25, -0.2) is 4.79 Å². The van der Waals surface area contributed by atoms with Crippen LogP contribution in [0.1, 0.15) is 31.8 Å². The molecule has 0 heterocycles. The standard InChI is InChI=1S/C19H23BN2O7.ClH/c23-9-8-21-11-12-4-6-13(7-5-12)18(25)22-16(20(28)29)10-14-2-1-3-15(17(14)24)19(26)27;/h1-7,16,21,23-24,28-29H,8-11H2,(H,22,25)(H,26,27);1H/t16-;/m0./s1. The molecule has 11 heteroatoms. The average Bonchev–Trinajstić information content (AvgIpc) is 2.69. The summed E-state index contributed by atoms with van der Waals surface area (Å²) in [7, 11) is -1.92. The van der Waals surface area contributed by atoms with Crippen molar-refractivity contribution < 1.29 is 35.0 Å². The first-order chi connectivity index (χ1) is 13.8. The fourth-order valence-electron chi connectivity index (χ4n) is 2.73. The summed E-state index contributed by atoms with van der Waals surface area (Å²) < 4.78 is 0. The maximum absolute atomic E-state index is 12.4. The minimum absolute atomic E-state index is 0. The molecule has 7 N–H and O–H groups in total. The van der Waals surface area contributed by atoms with Crippen LogP contribution >= 0.6 is 12.4 Å². The number of hydrogen-bond donors (Lipinski definition) is 7. The van der Waals surface area contributed by atoms with E-state index < -0.39 is 30.7 Å². The van der Waals surface area contributed by atoms with E-state index >= 15 is 0 Å². The highest BCUT2D eigenvalue weighted by molar-refractivity contribution is 6.43. The van der Waals surface area contributed by atoms with Crippen LogP contribution in [0.2, 0.25) is 0 Å². The molecule has 0 fully saturated rings. The second-order valence-electron chi connectivity index (χ2n) is 6.41. The van der Waals surface area contributed by atoms with Gasteiger partial charge in [0, 0.05) is 18.7 Å². The lowest BCUT2D eigenvalue weighted by molar-refractivity contribution is 0.0693. The number of para-hydroxylation sites is 1. The average molecular weight is 439 g/mol. The van der Waals surface area contributed by atoms with Gasteiger partial charge in [0.2, 0.25) is 0 Å². The fourth-order valence-corrected chi connectivity index (χ4v) is 2.73. The summed E-state index contributed by atoms with van der Waals surface area (Å²) in [5.41, 5.74) is 1.05. The molecule has 0 aliphatic heterocycles. The van der Waals surface area contributed by atoms with Crippen molar-refractivity contribution in [3.63, 3.8) is 0 Å². The predicted octanol–water partition coefficient (Wildman–Crippen LogP) is -0.0528. The van der Waals surface area contributed by atoms with Crippen LogP contribution in [0.4, 0.5) is 0 Å². The molecule has 0 saturated heterocycles. The second-order valence-corrected chi connectivity index (χ2v) is 6.41. The first-order valence-electron chi connectivity index (χ1n) is 8.95. The Labute approximate surface area is 179 Å². The number of rotatable bonds is 10. The first kappa shape index (κ1) is 25.4. The molecule has 30 heavy (non-hydrogen) atoms. The number of aromatic carboxylic acids is 1. The monoisotopic (exact) mass is 438 g/mol. The van der Waals surface area contributed by atoms with E-state index in [2.05, 4.69) is 10.6 Å². The summed E-state index contributed by atoms with van der Waals surface area (Å²) in [5.74, 6) is -3.52. The zero-order valence-electron chi connectivity index (χ0n) is 16.0. The lowest BCUT2D eigenvalue weighted by atomic mass is 9.75. The molecule has 0 spiro atoms. The molecule has 2 aromatic rings. The second kappa shape index (κ2) is 12.2. The van der Waals surface area contributed by atoms with Gasteiger partial charge in [-0.15, -0.1) is 12.4 Å². The molecule has 0 aromatic heterocycles. The smallest absolute Gasteiger partial charge is 0.475 e. The molecule has 9 nitrogen and oxygen atoms in total. The van der Waals surface area contributed by atoms with Crippen LogP contribution in [0.25, 0.3) is 0 Å². The normalized spacial score (nSPS) is 11.3. The molecule has 1 atom stereocenters. The Morgan fingerprint density at radius 1 is 1.07 bits per heavy atom. The lowest BCUT2D eigenvalue weighted by Crippen LogP contribution is -2.47. The number of carboxylic acids is 1. The minimum atomic E-state index is -1.92. The largest absolute Gasteiger partial charge is 0.507 e. The van der Waals surface area contributed by atoms with E-state index in [0.717, 1.165) is 5.56 Å². The molecule has 2 aromatic carbocycles. The quantitative estimate of drug-likeness (QED) is 0.201. The summed E-state index contributed by atoms with van der Waals surface area (Å²) >= 11 is 0. The number of aliphatic hydroxyl groups is 1. The van der Waals surface area contributed by atoms with Crippen molar-refractivity contribution in [1.82, 2.24) is 10.6 Å². The van der Waals surface area contributed by atoms with Crippen molar-refractivity contribution in [1.29, 1.82) is 0 Å². The van der Waals surface area contributed by atoms with E-state index in [4.69, 9.17) is 10.2 Å². The number of aliphatic hydroxyl groups excluding tert-OH is 1. The molecule has 162 valence electrons. The number of aromatic hydroxyl groups is 1. The third-order valence-electron chi connectivity index (χ3n) is 4.30. The molecule has 0 unspecified atom stereocenters. The number of carboxylic acid groups (broad SMARTS) is 1. The number of benzene rings is 2. The van der Waals surface area contributed by atoms with E-state index in [9.17, 15) is 24.7 Å². The highest BCUT2D eigenvalue weighted by Crippen LogP contribution is 2.24. The van der Waals surface area contributed by atoms with Crippen molar-refractivity contribution in [2.24, 2.45) is 0 Å². The van der Waals surface area contributed by atoms with Gasteiger partial charge in [-0.2, -0.15) is 0 Å². The summed E-state index contributed by atoms with van der Waals surface area (Å²) in [6, 6.07) is 10.7. The maximum atomic E-state index is 12.4. The molecule has 0 aliphatic carbocycles. The first-order valence-corrected chi connectivity index (χ1v) is 8.95. The molecule has 0 saturated carbocycles. The van der Waals surface area contributed by atoms with Gasteiger partial charge in [-0.05, 0) is 35.7 Å². The number of carbonyl (C=O) groups is 2. The Balaban J connectivity index is 0.00000450. The molecule has 0 aliphatic rings. The van der Waals surface area contributed by atoms with E-state index in [1.54, 1.807) is 24.3 Å². The van der Waals surface area contributed by atoms with Gasteiger partial charge in [0.05, 0.1) is 12.5 Å². The number of amides is 1. The Morgan fingerprint density at radius 3 is 2.30 bits per heavy atom. The van der Waals surface area contributed by atoms with Gasteiger partial charge < -0.3 is 36.0 Å². The Bertz CT molecular complexity index is 849. The highest BCUT2D eigenvalue weighted by Gasteiger charge is 2.28. The van der Waals surface area contributed by atoms with Crippen LogP contribution in [0.3, 0.4) is 0 Å². The summed E-state index contributed by atoms with van der Waals surface area (Å²) in [6.45, 7) is 1.00. The van der Waals surface area contributed by atoms with Gasteiger partial charge in [-0.1, -0.05) is 24.3 Å². The lowest BCUT2D eigenvalue weighted by Gasteiger charge is -2.19. The number of nitrogens with one attached hydrogen (secondary N) is 2. The predicted molar refractivity (Wildman–Crippen MR) is 113 cm³/mol. The van der Waals surface area contributed by atoms with Crippen LogP contribution < -0.4 is 10.6 Å². The van der Waals surface area contributed by atoms with Gasteiger partial charge >= 0.3 is 13.1 Å². The van der Waals surface area contributed by atoms with E-state index in [-0.39, 0.29) is 36.6 Å².